The Hall–Kier alpha value is -4.29. The van der Waals surface area contributed by atoms with Gasteiger partial charge in [-0.25, -0.2) is 13.1 Å². The number of sulfone groups is 1. The summed E-state index contributed by atoms with van der Waals surface area (Å²) in [4.78, 5) is 27.6. The third-order valence-electron chi connectivity index (χ3n) is 6.46. The van der Waals surface area contributed by atoms with Gasteiger partial charge in [0.2, 0.25) is 0 Å². The first-order valence-electron chi connectivity index (χ1n) is 11.4. The molecule has 2 aliphatic rings. The van der Waals surface area contributed by atoms with Crippen LogP contribution in [0.1, 0.15) is 18.9 Å². The normalized spacial score (nSPS) is 20.7. The van der Waals surface area contributed by atoms with Crippen LogP contribution >= 0.6 is 0 Å². The molecule has 0 bridgehead atoms. The third-order valence-corrected chi connectivity index (χ3v) is 8.21. The van der Waals surface area contributed by atoms with E-state index in [9.17, 15) is 23.3 Å². The second-order valence-corrected chi connectivity index (χ2v) is 11.0. The summed E-state index contributed by atoms with van der Waals surface area (Å²) >= 11 is 0. The van der Waals surface area contributed by atoms with Crippen molar-refractivity contribution in [2.45, 2.75) is 19.4 Å². The molecule has 1 fully saturated rings. The van der Waals surface area contributed by atoms with E-state index in [2.05, 4.69) is 0 Å². The molecule has 2 aliphatic heterocycles. The first kappa shape index (κ1) is 23.5. The molecular formula is C27H22N4O4S. The van der Waals surface area contributed by atoms with Crippen molar-refractivity contribution < 1.29 is 18.0 Å². The lowest BCUT2D eigenvalue weighted by Gasteiger charge is -2.31. The van der Waals surface area contributed by atoms with Gasteiger partial charge in [0.15, 0.2) is 9.84 Å². The van der Waals surface area contributed by atoms with Gasteiger partial charge >= 0.3 is 0 Å². The quantitative estimate of drug-likeness (QED) is 0.403. The van der Waals surface area contributed by atoms with Gasteiger partial charge in [0.25, 0.3) is 11.8 Å². The summed E-state index contributed by atoms with van der Waals surface area (Å²) in [7, 11) is -3.35. The summed E-state index contributed by atoms with van der Waals surface area (Å²) < 4.78 is 25.9. The average molecular weight is 499 g/mol. The number of rotatable bonds is 4. The van der Waals surface area contributed by atoms with Crippen LogP contribution in [-0.2, 0) is 19.4 Å². The molecule has 2 amide bonds. The van der Waals surface area contributed by atoms with E-state index >= 15 is 0 Å². The van der Waals surface area contributed by atoms with E-state index in [0.29, 0.717) is 11.3 Å². The first-order chi connectivity index (χ1) is 17.3. The fourth-order valence-electron chi connectivity index (χ4n) is 4.59. The van der Waals surface area contributed by atoms with Gasteiger partial charge in [-0.2, -0.15) is 10.4 Å². The van der Waals surface area contributed by atoms with E-state index in [1.54, 1.807) is 23.9 Å². The van der Waals surface area contributed by atoms with Gasteiger partial charge in [-0.05, 0) is 37.1 Å². The third kappa shape index (κ3) is 4.16. The largest absolute Gasteiger partial charge is 0.271 e. The topological polar surface area (TPSA) is 113 Å². The Morgan fingerprint density at radius 2 is 1.69 bits per heavy atom. The zero-order chi connectivity index (χ0) is 25.4. The highest BCUT2D eigenvalue weighted by Crippen LogP contribution is 2.33. The molecule has 0 aliphatic carbocycles. The molecule has 0 N–H and O–H groups in total. The van der Waals surface area contributed by atoms with Crippen LogP contribution in [0.5, 0.6) is 0 Å². The van der Waals surface area contributed by atoms with E-state index in [0.717, 1.165) is 16.2 Å². The summed E-state index contributed by atoms with van der Waals surface area (Å²) in [6.07, 6.45) is 3.58. The summed E-state index contributed by atoms with van der Waals surface area (Å²) in [5, 5.41) is 14.5. The van der Waals surface area contributed by atoms with Crippen molar-refractivity contribution in [1.82, 2.24) is 14.7 Å². The van der Waals surface area contributed by atoms with Crippen molar-refractivity contribution in [2.75, 3.05) is 11.5 Å². The Labute approximate surface area is 208 Å². The molecule has 1 saturated heterocycles. The van der Waals surface area contributed by atoms with Gasteiger partial charge in [-0.15, -0.1) is 0 Å². The van der Waals surface area contributed by atoms with Crippen LogP contribution < -0.4 is 0 Å². The van der Waals surface area contributed by atoms with Gasteiger partial charge in [-0.3, -0.25) is 14.5 Å². The number of aromatic nitrogens is 2. The highest BCUT2D eigenvalue weighted by molar-refractivity contribution is 7.91. The molecule has 36 heavy (non-hydrogen) atoms. The Morgan fingerprint density at radius 3 is 2.31 bits per heavy atom. The molecule has 5 rings (SSSR count). The predicted octanol–water partition coefficient (Wildman–Crippen LogP) is 3.32. The average Bonchev–Trinajstić information content (AvgIpc) is 3.46. The number of hydrogen-bond acceptors (Lipinski definition) is 6. The molecule has 0 saturated carbocycles. The number of hydrogen-bond donors (Lipinski definition) is 0. The van der Waals surface area contributed by atoms with Crippen molar-refractivity contribution in [2.24, 2.45) is 0 Å². The summed E-state index contributed by atoms with van der Waals surface area (Å²) in [6.45, 7) is 1.56. The number of carbonyl (C=O) groups is 2. The van der Waals surface area contributed by atoms with Crippen LogP contribution in [0.2, 0.25) is 0 Å². The minimum atomic E-state index is -3.35. The second kappa shape index (κ2) is 9.06. The van der Waals surface area contributed by atoms with Crippen molar-refractivity contribution in [3.8, 4) is 23.0 Å². The monoisotopic (exact) mass is 498 g/mol. The van der Waals surface area contributed by atoms with Gasteiger partial charge in [0.1, 0.15) is 11.6 Å². The summed E-state index contributed by atoms with van der Waals surface area (Å²) in [5.41, 5.74) is 3.17. The molecular weight excluding hydrogens is 476 g/mol. The molecule has 1 atom stereocenters. The fraction of sp³-hybridized carbons (Fsp3) is 0.185. The maximum atomic E-state index is 13.6. The maximum absolute atomic E-state index is 13.6. The number of para-hydroxylation sites is 1. The number of imide groups is 1. The zero-order valence-corrected chi connectivity index (χ0v) is 20.3. The molecule has 180 valence electrons. The minimum Gasteiger partial charge on any atom is -0.270 e. The van der Waals surface area contributed by atoms with Crippen LogP contribution in [0, 0.1) is 11.3 Å². The fourth-order valence-corrected chi connectivity index (χ4v) is 6.29. The SMILES string of the molecule is CC1=C(C#N)C(=O)N([C@H]2CCS(=O)(=O)C2)C(=O)/C1=C/c1cn(-c2ccccc2)nc1-c1ccccc1. The van der Waals surface area contributed by atoms with Crippen LogP contribution in [0.4, 0.5) is 0 Å². The van der Waals surface area contributed by atoms with Crippen molar-refractivity contribution in [1.29, 1.82) is 5.26 Å². The van der Waals surface area contributed by atoms with E-state index in [1.165, 1.54) is 0 Å². The molecule has 0 spiro atoms. The van der Waals surface area contributed by atoms with Crippen molar-refractivity contribution in [3.05, 3.63) is 89.1 Å². The van der Waals surface area contributed by atoms with E-state index in [1.807, 2.05) is 66.7 Å². The van der Waals surface area contributed by atoms with Crippen LogP contribution in [-0.4, -0.2) is 52.5 Å². The smallest absolute Gasteiger partial charge is 0.270 e. The number of nitrogens with zero attached hydrogens (tertiary/aromatic N) is 4. The first-order valence-corrected chi connectivity index (χ1v) is 13.2. The number of amides is 2. The Kier molecular flexibility index (Phi) is 5.90. The standard InChI is InChI=1S/C27H22N4O4S/c1-18-23(26(32)31(27(33)24(18)15-28)22-12-13-36(34,35)17-22)14-20-16-30(21-10-6-3-7-11-21)29-25(20)19-8-4-2-5-9-19/h2-11,14,16,22H,12-13,17H2,1H3/b23-14+/t22-/m0/s1. The van der Waals surface area contributed by atoms with E-state index in [4.69, 9.17) is 5.10 Å². The number of benzene rings is 2. The van der Waals surface area contributed by atoms with E-state index in [-0.39, 0.29) is 34.6 Å². The van der Waals surface area contributed by atoms with Gasteiger partial charge < -0.3 is 0 Å². The molecule has 3 aromatic rings. The molecule has 1 aromatic heterocycles. The lowest BCUT2D eigenvalue weighted by Crippen LogP contribution is -2.49. The van der Waals surface area contributed by atoms with Gasteiger partial charge in [0.05, 0.1) is 28.9 Å². The van der Waals surface area contributed by atoms with Crippen LogP contribution in [0.25, 0.3) is 23.0 Å². The number of carbonyl (C=O) groups excluding carboxylic acids is 2. The molecule has 8 nitrogen and oxygen atoms in total. The zero-order valence-electron chi connectivity index (χ0n) is 19.5. The molecule has 9 heteroatoms. The van der Waals surface area contributed by atoms with Crippen molar-refractivity contribution in [3.63, 3.8) is 0 Å². The second-order valence-electron chi connectivity index (χ2n) is 8.79. The predicted molar refractivity (Wildman–Crippen MR) is 134 cm³/mol. The maximum Gasteiger partial charge on any atom is 0.271 e. The molecule has 2 aromatic carbocycles. The van der Waals surface area contributed by atoms with Crippen LogP contribution in [0.3, 0.4) is 0 Å². The Morgan fingerprint density at radius 1 is 1.03 bits per heavy atom. The van der Waals surface area contributed by atoms with Gasteiger partial charge in [-0.1, -0.05) is 48.5 Å². The highest BCUT2D eigenvalue weighted by atomic mass is 32.2. The highest BCUT2D eigenvalue weighted by Gasteiger charge is 2.43. The lowest BCUT2D eigenvalue weighted by molar-refractivity contribution is -0.142. The number of nitriles is 1. The molecule has 0 radical (unpaired) electrons. The molecule has 0 unspecified atom stereocenters. The lowest BCUT2D eigenvalue weighted by atomic mass is 9.92. The minimum absolute atomic E-state index is 0.0969. The van der Waals surface area contributed by atoms with E-state index < -0.39 is 27.7 Å². The Bertz CT molecular complexity index is 1580. The van der Waals surface area contributed by atoms with Crippen molar-refractivity contribution >= 4 is 27.7 Å². The van der Waals surface area contributed by atoms with Gasteiger partial charge in [0, 0.05) is 22.9 Å². The summed E-state index contributed by atoms with van der Waals surface area (Å²) in [6, 6.07) is 20.1. The Balaban J connectivity index is 1.67. The summed E-state index contributed by atoms with van der Waals surface area (Å²) in [5.74, 6) is -1.75. The van der Waals surface area contributed by atoms with Crippen LogP contribution in [0.15, 0.2) is 83.6 Å². The molecule has 3 heterocycles.